The van der Waals surface area contributed by atoms with Gasteiger partial charge in [-0.1, -0.05) is 34.1 Å². The fraction of sp³-hybridized carbons (Fsp3) is 0.286. The number of carbonyl (C=O) groups excluding carboxylic acids is 1. The van der Waals surface area contributed by atoms with Crippen LogP contribution in [-0.4, -0.2) is 40.8 Å². The van der Waals surface area contributed by atoms with E-state index in [1.54, 1.807) is 24.2 Å². The molecule has 1 N–H and O–H groups in total. The molecule has 106 valence electrons. The summed E-state index contributed by atoms with van der Waals surface area (Å²) in [5.74, 6) is -0.159. The van der Waals surface area contributed by atoms with Crippen molar-refractivity contribution in [2.75, 3.05) is 19.0 Å². The van der Waals surface area contributed by atoms with E-state index < -0.39 is 0 Å². The average Bonchev–Trinajstić information content (AvgIpc) is 2.97. The molecule has 0 saturated heterocycles. The Morgan fingerprint density at radius 1 is 1.45 bits per heavy atom. The van der Waals surface area contributed by atoms with Gasteiger partial charge in [0.05, 0.1) is 30.1 Å². The number of para-hydroxylation sites is 1. The lowest BCUT2D eigenvalue weighted by Crippen LogP contribution is -2.39. The van der Waals surface area contributed by atoms with Crippen LogP contribution >= 0.6 is 15.9 Å². The molecule has 0 bridgehead atoms. The van der Waals surface area contributed by atoms with Crippen LogP contribution in [0.5, 0.6) is 0 Å². The van der Waals surface area contributed by atoms with Crippen LogP contribution in [-0.2, 0) is 4.74 Å². The van der Waals surface area contributed by atoms with Crippen molar-refractivity contribution in [3.63, 3.8) is 0 Å². The molecule has 0 fully saturated rings. The van der Waals surface area contributed by atoms with Gasteiger partial charge in [-0.15, -0.1) is 0 Å². The van der Waals surface area contributed by atoms with Crippen LogP contribution in [0.2, 0.25) is 0 Å². The number of benzene rings is 1. The molecular formula is C14H16BrN3O2. The number of ether oxygens (including phenoxy) is 1. The Bertz CT molecular complexity index is 557. The summed E-state index contributed by atoms with van der Waals surface area (Å²) in [5.41, 5.74) is 1.44. The number of halogens is 1. The van der Waals surface area contributed by atoms with Crippen molar-refractivity contribution in [3.05, 3.63) is 48.3 Å². The highest BCUT2D eigenvalue weighted by molar-refractivity contribution is 9.09. The number of hydrogen-bond donors (Lipinski definition) is 1. The quantitative estimate of drug-likeness (QED) is 0.820. The van der Waals surface area contributed by atoms with Crippen LogP contribution in [0.15, 0.2) is 42.7 Å². The molecule has 1 atom stereocenters. The fourth-order valence-corrected chi connectivity index (χ4v) is 2.11. The molecule has 0 radical (unpaired) electrons. The first-order chi connectivity index (χ1) is 9.74. The monoisotopic (exact) mass is 337 g/mol. The highest BCUT2D eigenvalue weighted by Gasteiger charge is 2.14. The minimum absolute atomic E-state index is 0.0624. The lowest BCUT2D eigenvalue weighted by Gasteiger charge is -2.14. The largest absolute Gasteiger partial charge is 0.383 e. The zero-order chi connectivity index (χ0) is 14.4. The van der Waals surface area contributed by atoms with E-state index in [-0.39, 0.29) is 11.9 Å². The van der Waals surface area contributed by atoms with Crippen LogP contribution < -0.4 is 5.32 Å². The number of nitrogens with zero attached hydrogens (tertiary/aromatic N) is 2. The molecule has 1 aromatic carbocycles. The molecule has 0 aliphatic rings. The van der Waals surface area contributed by atoms with Crippen molar-refractivity contribution < 1.29 is 9.53 Å². The Morgan fingerprint density at radius 2 is 2.20 bits per heavy atom. The number of rotatable bonds is 6. The van der Waals surface area contributed by atoms with E-state index in [0.717, 1.165) is 5.69 Å². The van der Waals surface area contributed by atoms with Crippen molar-refractivity contribution in [2.45, 2.75) is 6.04 Å². The predicted molar refractivity (Wildman–Crippen MR) is 80.5 cm³/mol. The molecule has 2 aromatic rings. The van der Waals surface area contributed by atoms with Crippen LogP contribution in [0.25, 0.3) is 5.69 Å². The third kappa shape index (κ3) is 3.68. The van der Waals surface area contributed by atoms with Gasteiger partial charge in [-0.3, -0.25) is 4.79 Å². The van der Waals surface area contributed by atoms with Gasteiger partial charge in [0.15, 0.2) is 0 Å². The highest BCUT2D eigenvalue weighted by Crippen LogP contribution is 2.08. The van der Waals surface area contributed by atoms with E-state index in [1.165, 1.54) is 0 Å². The maximum Gasteiger partial charge on any atom is 0.254 e. The number of aromatic nitrogens is 2. The highest BCUT2D eigenvalue weighted by atomic mass is 79.9. The van der Waals surface area contributed by atoms with E-state index in [1.807, 2.05) is 30.3 Å². The summed E-state index contributed by atoms with van der Waals surface area (Å²) < 4.78 is 6.72. The summed E-state index contributed by atoms with van der Waals surface area (Å²) in [7, 11) is 1.61. The zero-order valence-corrected chi connectivity index (χ0v) is 12.7. The summed E-state index contributed by atoms with van der Waals surface area (Å²) in [6, 6.07) is 9.59. The maximum absolute atomic E-state index is 12.1. The lowest BCUT2D eigenvalue weighted by atomic mass is 10.3. The van der Waals surface area contributed by atoms with Crippen molar-refractivity contribution in [1.29, 1.82) is 0 Å². The van der Waals surface area contributed by atoms with Gasteiger partial charge in [0, 0.05) is 18.6 Å². The SMILES string of the molecule is COCC(CBr)NC(=O)c1cnn(-c2ccccc2)c1. The second kappa shape index (κ2) is 7.21. The van der Waals surface area contributed by atoms with E-state index >= 15 is 0 Å². The molecule has 5 nitrogen and oxygen atoms in total. The normalized spacial score (nSPS) is 12.1. The molecule has 1 heterocycles. The van der Waals surface area contributed by atoms with Crippen LogP contribution in [0.3, 0.4) is 0 Å². The van der Waals surface area contributed by atoms with Crippen LogP contribution in [0.1, 0.15) is 10.4 Å². The maximum atomic E-state index is 12.1. The van der Waals surface area contributed by atoms with Crippen molar-refractivity contribution >= 4 is 21.8 Å². The van der Waals surface area contributed by atoms with Gasteiger partial charge in [0.25, 0.3) is 5.91 Å². The second-order valence-electron chi connectivity index (χ2n) is 4.29. The number of methoxy groups -OCH3 is 1. The Hall–Kier alpha value is -1.66. The number of alkyl halides is 1. The van der Waals surface area contributed by atoms with E-state index in [0.29, 0.717) is 17.5 Å². The molecule has 1 amide bonds. The van der Waals surface area contributed by atoms with E-state index in [2.05, 4.69) is 26.3 Å². The summed E-state index contributed by atoms with van der Waals surface area (Å²) >= 11 is 3.34. The first-order valence-electron chi connectivity index (χ1n) is 6.20. The summed E-state index contributed by atoms with van der Waals surface area (Å²) in [4.78, 5) is 12.1. The fourth-order valence-electron chi connectivity index (χ4n) is 1.76. The Labute approximate surface area is 126 Å². The third-order valence-electron chi connectivity index (χ3n) is 2.75. The van der Waals surface area contributed by atoms with Crippen molar-refractivity contribution in [2.24, 2.45) is 0 Å². The predicted octanol–water partition coefficient (Wildman–Crippen LogP) is 2.01. The molecule has 0 saturated carbocycles. The zero-order valence-electron chi connectivity index (χ0n) is 11.1. The molecule has 0 spiro atoms. The molecule has 1 aromatic heterocycles. The first-order valence-corrected chi connectivity index (χ1v) is 7.32. The van der Waals surface area contributed by atoms with E-state index in [4.69, 9.17) is 4.74 Å². The molecule has 0 aliphatic carbocycles. The molecule has 6 heteroatoms. The van der Waals surface area contributed by atoms with Gasteiger partial charge in [-0.05, 0) is 12.1 Å². The minimum Gasteiger partial charge on any atom is -0.383 e. The molecule has 1 unspecified atom stereocenters. The van der Waals surface area contributed by atoms with Gasteiger partial charge in [0.1, 0.15) is 0 Å². The summed E-state index contributed by atoms with van der Waals surface area (Å²) in [5, 5.41) is 7.72. The van der Waals surface area contributed by atoms with Gasteiger partial charge in [-0.2, -0.15) is 5.10 Å². The first kappa shape index (κ1) is 14.7. The number of carbonyl (C=O) groups is 1. The van der Waals surface area contributed by atoms with E-state index in [9.17, 15) is 4.79 Å². The van der Waals surface area contributed by atoms with Crippen molar-refractivity contribution in [1.82, 2.24) is 15.1 Å². The topological polar surface area (TPSA) is 56.1 Å². The second-order valence-corrected chi connectivity index (χ2v) is 4.94. The van der Waals surface area contributed by atoms with Crippen molar-refractivity contribution in [3.8, 4) is 5.69 Å². The standard InChI is InChI=1S/C14H16BrN3O2/c1-20-10-12(7-15)17-14(19)11-8-16-18(9-11)13-5-3-2-4-6-13/h2-6,8-9,12H,7,10H2,1H3,(H,17,19). The number of nitrogens with one attached hydrogen (secondary N) is 1. The average molecular weight is 338 g/mol. The lowest BCUT2D eigenvalue weighted by molar-refractivity contribution is 0.0908. The molecule has 2 rings (SSSR count). The third-order valence-corrected chi connectivity index (χ3v) is 3.54. The number of amides is 1. The molecule has 20 heavy (non-hydrogen) atoms. The van der Waals surface area contributed by atoms with Gasteiger partial charge >= 0.3 is 0 Å². The number of hydrogen-bond acceptors (Lipinski definition) is 3. The van der Waals surface area contributed by atoms with Gasteiger partial charge < -0.3 is 10.1 Å². The molecular weight excluding hydrogens is 322 g/mol. The van der Waals surface area contributed by atoms with Gasteiger partial charge in [-0.25, -0.2) is 4.68 Å². The van der Waals surface area contributed by atoms with Gasteiger partial charge in [0.2, 0.25) is 0 Å². The minimum atomic E-state index is -0.159. The smallest absolute Gasteiger partial charge is 0.254 e. The summed E-state index contributed by atoms with van der Waals surface area (Å²) in [6.07, 6.45) is 3.27. The Balaban J connectivity index is 2.07. The van der Waals surface area contributed by atoms with Crippen LogP contribution in [0.4, 0.5) is 0 Å². The van der Waals surface area contributed by atoms with Crippen LogP contribution in [0, 0.1) is 0 Å². The molecule has 0 aliphatic heterocycles. The Kier molecular flexibility index (Phi) is 5.31. The summed E-state index contributed by atoms with van der Waals surface area (Å²) in [6.45, 7) is 0.462. The Morgan fingerprint density at radius 3 is 2.85 bits per heavy atom.